The highest BCUT2D eigenvalue weighted by Crippen LogP contribution is 2.34. The molecule has 0 aromatic heterocycles. The van der Waals surface area contributed by atoms with Crippen LogP contribution in [0.1, 0.15) is 44.7 Å². The van der Waals surface area contributed by atoms with E-state index in [1.54, 1.807) is 0 Å². The summed E-state index contributed by atoms with van der Waals surface area (Å²) in [6, 6.07) is 12.7. The van der Waals surface area contributed by atoms with Crippen LogP contribution in [0, 0.1) is 0 Å². The van der Waals surface area contributed by atoms with Gasteiger partial charge in [0.2, 0.25) is 5.91 Å². The standard InChI is InChI=1S/C22H25F3N2O2S/c1-21(2,3)15-10-12-16(13-11-15)29-14-6-9-19(28)27-20(30)26-18-8-5-4-7-17(18)22(23,24)25/h4-5,7-8,10-13H,6,9,14H2,1-3H3,(H2,26,27,28,30). The van der Waals surface area contributed by atoms with E-state index in [4.69, 9.17) is 17.0 Å². The number of carbonyl (C=O) groups is 1. The average Bonchev–Trinajstić information content (AvgIpc) is 2.64. The van der Waals surface area contributed by atoms with E-state index in [0.717, 1.165) is 6.07 Å². The molecule has 0 aliphatic carbocycles. The van der Waals surface area contributed by atoms with Crippen molar-refractivity contribution in [1.82, 2.24) is 5.32 Å². The molecule has 0 saturated carbocycles. The number of amides is 1. The third-order valence-electron chi connectivity index (χ3n) is 4.27. The summed E-state index contributed by atoms with van der Waals surface area (Å²) in [5.41, 5.74) is 0.191. The van der Waals surface area contributed by atoms with Gasteiger partial charge in [-0.2, -0.15) is 13.2 Å². The van der Waals surface area contributed by atoms with Crippen molar-refractivity contribution in [2.24, 2.45) is 0 Å². The first kappa shape index (κ1) is 23.7. The molecule has 2 rings (SSSR count). The van der Waals surface area contributed by atoms with Gasteiger partial charge in [0.1, 0.15) is 5.75 Å². The van der Waals surface area contributed by atoms with Gasteiger partial charge in [-0.3, -0.25) is 4.79 Å². The monoisotopic (exact) mass is 438 g/mol. The molecule has 162 valence electrons. The van der Waals surface area contributed by atoms with Crippen molar-refractivity contribution >= 4 is 28.9 Å². The molecule has 2 aromatic carbocycles. The van der Waals surface area contributed by atoms with E-state index in [9.17, 15) is 18.0 Å². The summed E-state index contributed by atoms with van der Waals surface area (Å²) in [5.74, 6) is 0.313. The molecule has 8 heteroatoms. The summed E-state index contributed by atoms with van der Waals surface area (Å²) in [6.07, 6.45) is -3.96. The first-order chi connectivity index (χ1) is 14.0. The normalized spacial score (nSPS) is 11.7. The minimum Gasteiger partial charge on any atom is -0.494 e. The molecule has 2 N–H and O–H groups in total. The summed E-state index contributed by atoms with van der Waals surface area (Å²) >= 11 is 4.95. The second kappa shape index (κ2) is 9.93. The van der Waals surface area contributed by atoms with Gasteiger partial charge in [-0.05, 0) is 53.9 Å². The van der Waals surface area contributed by atoms with Crippen LogP contribution >= 0.6 is 12.2 Å². The molecule has 0 radical (unpaired) electrons. The van der Waals surface area contributed by atoms with Gasteiger partial charge in [0.15, 0.2) is 5.11 Å². The molecule has 0 atom stereocenters. The Morgan fingerprint density at radius 3 is 2.27 bits per heavy atom. The summed E-state index contributed by atoms with van der Waals surface area (Å²) in [6.45, 7) is 6.72. The van der Waals surface area contributed by atoms with Crippen molar-refractivity contribution in [1.29, 1.82) is 0 Å². The van der Waals surface area contributed by atoms with Crippen LogP contribution in [-0.4, -0.2) is 17.6 Å². The van der Waals surface area contributed by atoms with Crippen molar-refractivity contribution in [3.63, 3.8) is 0 Å². The van der Waals surface area contributed by atoms with E-state index in [2.05, 4.69) is 31.4 Å². The van der Waals surface area contributed by atoms with Gasteiger partial charge in [0.05, 0.1) is 17.9 Å². The van der Waals surface area contributed by atoms with Crippen LogP contribution in [0.25, 0.3) is 0 Å². The van der Waals surface area contributed by atoms with Gasteiger partial charge in [-0.25, -0.2) is 0 Å². The lowest BCUT2D eigenvalue weighted by atomic mass is 9.87. The molecule has 0 heterocycles. The predicted molar refractivity (Wildman–Crippen MR) is 116 cm³/mol. The number of ether oxygens (including phenoxy) is 1. The zero-order chi connectivity index (χ0) is 22.4. The molecule has 1 amide bonds. The van der Waals surface area contributed by atoms with Crippen LogP contribution in [0.3, 0.4) is 0 Å². The number of carbonyl (C=O) groups excluding carboxylic acids is 1. The molecule has 0 fully saturated rings. The first-order valence-electron chi connectivity index (χ1n) is 9.47. The van der Waals surface area contributed by atoms with E-state index in [0.29, 0.717) is 18.8 Å². The smallest absolute Gasteiger partial charge is 0.418 e. The summed E-state index contributed by atoms with van der Waals surface area (Å²) in [4.78, 5) is 12.0. The first-order valence-corrected chi connectivity index (χ1v) is 9.88. The molecular weight excluding hydrogens is 413 g/mol. The number of benzene rings is 2. The molecule has 0 bridgehead atoms. The third-order valence-corrected chi connectivity index (χ3v) is 4.47. The molecule has 0 spiro atoms. The van der Waals surface area contributed by atoms with Crippen LogP contribution in [0.4, 0.5) is 18.9 Å². The maximum absolute atomic E-state index is 13.0. The Kier molecular flexibility index (Phi) is 7.83. The lowest BCUT2D eigenvalue weighted by molar-refractivity contribution is -0.136. The molecule has 4 nitrogen and oxygen atoms in total. The van der Waals surface area contributed by atoms with Crippen LogP contribution < -0.4 is 15.4 Å². The maximum Gasteiger partial charge on any atom is 0.418 e. The summed E-state index contributed by atoms with van der Waals surface area (Å²) in [5, 5.41) is 4.63. The van der Waals surface area contributed by atoms with Gasteiger partial charge < -0.3 is 15.4 Å². The number of nitrogens with one attached hydrogen (secondary N) is 2. The van der Waals surface area contributed by atoms with E-state index < -0.39 is 17.6 Å². The zero-order valence-electron chi connectivity index (χ0n) is 17.1. The van der Waals surface area contributed by atoms with Crippen molar-refractivity contribution in [2.75, 3.05) is 11.9 Å². The van der Waals surface area contributed by atoms with Gasteiger partial charge in [-0.1, -0.05) is 45.0 Å². The Hall–Kier alpha value is -2.61. The number of halogens is 3. The zero-order valence-corrected chi connectivity index (χ0v) is 17.9. The van der Waals surface area contributed by atoms with Gasteiger partial charge >= 0.3 is 6.18 Å². The van der Waals surface area contributed by atoms with Crippen LogP contribution in [0.15, 0.2) is 48.5 Å². The van der Waals surface area contributed by atoms with Crippen LogP contribution in [0.5, 0.6) is 5.75 Å². The van der Waals surface area contributed by atoms with Gasteiger partial charge in [0.25, 0.3) is 0 Å². The minimum atomic E-state index is -4.52. The molecule has 0 unspecified atom stereocenters. The lowest BCUT2D eigenvalue weighted by Crippen LogP contribution is -2.34. The second-order valence-corrected chi connectivity index (χ2v) is 8.18. The number of rotatable bonds is 6. The van der Waals surface area contributed by atoms with Crippen molar-refractivity contribution in [3.05, 3.63) is 59.7 Å². The van der Waals surface area contributed by atoms with Crippen molar-refractivity contribution < 1.29 is 22.7 Å². The third kappa shape index (κ3) is 7.33. The number of thiocarbonyl (C=S) groups is 1. The lowest BCUT2D eigenvalue weighted by Gasteiger charge is -2.19. The number of alkyl halides is 3. The number of anilines is 1. The Labute approximate surface area is 179 Å². The highest BCUT2D eigenvalue weighted by atomic mass is 32.1. The molecular formula is C22H25F3N2O2S. The van der Waals surface area contributed by atoms with E-state index in [1.807, 2.05) is 24.3 Å². The van der Waals surface area contributed by atoms with Gasteiger partial charge in [0, 0.05) is 6.42 Å². The van der Waals surface area contributed by atoms with E-state index in [-0.39, 0.29) is 22.6 Å². The number of hydrogen-bond acceptors (Lipinski definition) is 3. The fourth-order valence-electron chi connectivity index (χ4n) is 2.66. The second-order valence-electron chi connectivity index (χ2n) is 7.77. The Balaban J connectivity index is 1.76. The van der Waals surface area contributed by atoms with Gasteiger partial charge in [-0.15, -0.1) is 0 Å². The highest BCUT2D eigenvalue weighted by Gasteiger charge is 2.33. The molecule has 0 aliphatic heterocycles. The number of para-hydroxylation sites is 1. The Bertz CT molecular complexity index is 875. The topological polar surface area (TPSA) is 50.4 Å². The fourth-order valence-corrected chi connectivity index (χ4v) is 2.88. The Morgan fingerprint density at radius 1 is 1.03 bits per heavy atom. The highest BCUT2D eigenvalue weighted by molar-refractivity contribution is 7.80. The quantitative estimate of drug-likeness (QED) is 0.450. The molecule has 30 heavy (non-hydrogen) atoms. The maximum atomic E-state index is 13.0. The fraction of sp³-hybridized carbons (Fsp3) is 0.364. The molecule has 0 saturated heterocycles. The largest absolute Gasteiger partial charge is 0.494 e. The molecule has 0 aliphatic rings. The predicted octanol–water partition coefficient (Wildman–Crippen LogP) is 5.68. The Morgan fingerprint density at radius 2 is 1.67 bits per heavy atom. The average molecular weight is 439 g/mol. The SMILES string of the molecule is CC(C)(C)c1ccc(OCCCC(=O)NC(=S)Nc2ccccc2C(F)(F)F)cc1. The van der Waals surface area contributed by atoms with Crippen molar-refractivity contribution in [2.45, 2.75) is 45.2 Å². The minimum absolute atomic E-state index is 0.0592. The van der Waals surface area contributed by atoms with E-state index in [1.165, 1.54) is 23.8 Å². The van der Waals surface area contributed by atoms with Crippen molar-refractivity contribution in [3.8, 4) is 5.75 Å². The summed E-state index contributed by atoms with van der Waals surface area (Å²) < 4.78 is 44.6. The van der Waals surface area contributed by atoms with Crippen LogP contribution in [-0.2, 0) is 16.4 Å². The number of hydrogen-bond donors (Lipinski definition) is 2. The summed E-state index contributed by atoms with van der Waals surface area (Å²) in [7, 11) is 0. The van der Waals surface area contributed by atoms with E-state index >= 15 is 0 Å². The molecule has 2 aromatic rings. The van der Waals surface area contributed by atoms with Crippen LogP contribution in [0.2, 0.25) is 0 Å².